The Balaban J connectivity index is 2.44. The molecule has 0 saturated carbocycles. The molecule has 2 aromatic carbocycles. The zero-order valence-corrected chi connectivity index (χ0v) is 16.9. The van der Waals surface area contributed by atoms with Crippen molar-refractivity contribution in [1.82, 2.24) is 4.72 Å². The predicted octanol–water partition coefficient (Wildman–Crippen LogP) is 4.62. The van der Waals surface area contributed by atoms with E-state index in [9.17, 15) is 17.2 Å². The summed E-state index contributed by atoms with van der Waals surface area (Å²) in [6.07, 6.45) is 0. The van der Waals surface area contributed by atoms with Gasteiger partial charge in [0.05, 0.1) is 16.4 Å². The number of anilines is 3. The fraction of sp³-hybridized carbons (Fsp3) is 0.200. The van der Waals surface area contributed by atoms with Crippen LogP contribution in [-0.2, 0) is 10.2 Å². The lowest BCUT2D eigenvalue weighted by Gasteiger charge is -2.17. The number of halogens is 4. The second-order valence-electron chi connectivity index (χ2n) is 5.41. The number of nitrogens with one attached hydrogen (secondary N) is 3. The minimum Gasteiger partial charge on any atom is -0.350 e. The van der Waals surface area contributed by atoms with Gasteiger partial charge in [-0.15, -0.1) is 0 Å². The topological polar surface area (TPSA) is 70.2 Å². The highest BCUT2D eigenvalue weighted by Crippen LogP contribution is 2.34. The molecule has 5 nitrogen and oxygen atoms in total. The largest absolute Gasteiger partial charge is 0.350 e. The van der Waals surface area contributed by atoms with E-state index in [4.69, 9.17) is 11.6 Å². The molecule has 0 saturated heterocycles. The number of rotatable bonds is 6. The molecule has 0 amide bonds. The Morgan fingerprint density at radius 1 is 1.12 bits per heavy atom. The molecule has 2 aromatic rings. The molecule has 0 unspecified atom stereocenters. The number of hydrogen-bond acceptors (Lipinski definition) is 3. The molecule has 0 heterocycles. The maximum absolute atomic E-state index is 14.3. The molecule has 25 heavy (non-hydrogen) atoms. The average molecular weight is 502 g/mol. The Hall–Kier alpha value is -1.17. The number of benzene rings is 2. The third-order valence-electron chi connectivity index (χ3n) is 2.92. The van der Waals surface area contributed by atoms with Crippen molar-refractivity contribution in [3.63, 3.8) is 0 Å². The van der Waals surface area contributed by atoms with Gasteiger partial charge in [0.1, 0.15) is 5.69 Å². The van der Waals surface area contributed by atoms with Crippen LogP contribution in [0.25, 0.3) is 0 Å². The SMILES string of the molecule is CC(C)NS(=O)(=O)Nc1ccc(F)c(F)c1Nc1ccc(I)cc1Cl. The average Bonchev–Trinajstić information content (AvgIpc) is 2.47. The summed E-state index contributed by atoms with van der Waals surface area (Å²) >= 11 is 8.15. The van der Waals surface area contributed by atoms with E-state index in [0.717, 1.165) is 15.7 Å². The molecular formula is C15H15ClF2IN3O2S. The van der Waals surface area contributed by atoms with Crippen LogP contribution in [0, 0.1) is 15.2 Å². The molecule has 0 aromatic heterocycles. The Labute approximate surface area is 163 Å². The fourth-order valence-electron chi connectivity index (χ4n) is 1.97. The molecule has 0 atom stereocenters. The van der Waals surface area contributed by atoms with E-state index in [2.05, 4.69) is 37.4 Å². The van der Waals surface area contributed by atoms with Crippen LogP contribution in [0.2, 0.25) is 5.02 Å². The van der Waals surface area contributed by atoms with Crippen molar-refractivity contribution in [3.8, 4) is 0 Å². The van der Waals surface area contributed by atoms with Gasteiger partial charge in [-0.25, -0.2) is 8.78 Å². The predicted molar refractivity (Wildman–Crippen MR) is 105 cm³/mol. The first-order chi connectivity index (χ1) is 11.6. The smallest absolute Gasteiger partial charge is 0.299 e. The third-order valence-corrected chi connectivity index (χ3v) is 5.17. The first-order valence-corrected chi connectivity index (χ1v) is 10.0. The minimum atomic E-state index is -3.96. The molecule has 0 fully saturated rings. The van der Waals surface area contributed by atoms with Crippen LogP contribution in [0.4, 0.5) is 25.8 Å². The first kappa shape index (κ1) is 20.1. The van der Waals surface area contributed by atoms with Crippen LogP contribution in [0.5, 0.6) is 0 Å². The van der Waals surface area contributed by atoms with E-state index in [-0.39, 0.29) is 22.4 Å². The van der Waals surface area contributed by atoms with E-state index >= 15 is 0 Å². The Bertz CT molecular complexity index is 895. The van der Waals surface area contributed by atoms with Crippen molar-refractivity contribution >= 4 is 61.5 Å². The lowest BCUT2D eigenvalue weighted by Crippen LogP contribution is -2.35. The van der Waals surface area contributed by atoms with Gasteiger partial charge < -0.3 is 5.32 Å². The molecule has 0 aliphatic rings. The molecule has 2 rings (SSSR count). The normalized spacial score (nSPS) is 11.6. The van der Waals surface area contributed by atoms with Gasteiger partial charge in [-0.2, -0.15) is 13.1 Å². The van der Waals surface area contributed by atoms with E-state index in [1.165, 1.54) is 0 Å². The lowest BCUT2D eigenvalue weighted by atomic mass is 10.2. The summed E-state index contributed by atoms with van der Waals surface area (Å²) in [4.78, 5) is 0. The molecular weight excluding hydrogens is 487 g/mol. The van der Waals surface area contributed by atoms with E-state index < -0.39 is 21.8 Å². The van der Waals surface area contributed by atoms with Gasteiger partial charge in [0.15, 0.2) is 11.6 Å². The molecule has 0 radical (unpaired) electrons. The van der Waals surface area contributed by atoms with Crippen molar-refractivity contribution in [2.24, 2.45) is 0 Å². The highest BCUT2D eigenvalue weighted by Gasteiger charge is 2.19. The summed E-state index contributed by atoms with van der Waals surface area (Å²) in [6, 6.07) is 6.52. The first-order valence-electron chi connectivity index (χ1n) is 7.09. The quantitative estimate of drug-likeness (QED) is 0.506. The van der Waals surface area contributed by atoms with Gasteiger partial charge in [-0.05, 0) is 66.8 Å². The van der Waals surface area contributed by atoms with Gasteiger partial charge in [-0.1, -0.05) is 11.6 Å². The maximum Gasteiger partial charge on any atom is 0.299 e. The fourth-order valence-corrected chi connectivity index (χ4v) is 4.01. The summed E-state index contributed by atoms with van der Waals surface area (Å²) in [5.41, 5.74) is -0.206. The zero-order valence-electron chi connectivity index (χ0n) is 13.2. The van der Waals surface area contributed by atoms with Gasteiger partial charge in [0, 0.05) is 9.61 Å². The van der Waals surface area contributed by atoms with Crippen molar-refractivity contribution in [1.29, 1.82) is 0 Å². The maximum atomic E-state index is 14.3. The molecule has 0 bridgehead atoms. The summed E-state index contributed by atoms with van der Waals surface area (Å²) in [7, 11) is -3.96. The van der Waals surface area contributed by atoms with Crippen LogP contribution >= 0.6 is 34.2 Å². The van der Waals surface area contributed by atoms with Crippen LogP contribution in [0.1, 0.15) is 13.8 Å². The van der Waals surface area contributed by atoms with Gasteiger partial charge >= 0.3 is 0 Å². The second kappa shape index (κ2) is 8.02. The van der Waals surface area contributed by atoms with Gasteiger partial charge in [0.25, 0.3) is 10.2 Å². The summed E-state index contributed by atoms with van der Waals surface area (Å²) < 4.78 is 57.3. The van der Waals surface area contributed by atoms with Crippen molar-refractivity contribution in [3.05, 3.63) is 50.6 Å². The zero-order chi connectivity index (χ0) is 18.8. The summed E-state index contributed by atoms with van der Waals surface area (Å²) in [5, 5.41) is 2.93. The Morgan fingerprint density at radius 3 is 2.36 bits per heavy atom. The second-order valence-corrected chi connectivity index (χ2v) is 8.51. The minimum absolute atomic E-state index is 0.151. The van der Waals surface area contributed by atoms with Gasteiger partial charge in [-0.3, -0.25) is 4.72 Å². The van der Waals surface area contributed by atoms with Crippen LogP contribution < -0.4 is 14.8 Å². The molecule has 0 aliphatic heterocycles. The van der Waals surface area contributed by atoms with Gasteiger partial charge in [0.2, 0.25) is 0 Å². The standard InChI is InChI=1S/C15H15ClF2IN3O2S/c1-8(2)21-25(23,24)22-13-6-4-11(17)14(18)15(13)20-12-5-3-9(19)7-10(12)16/h3-8,20-22H,1-2H3. The van der Waals surface area contributed by atoms with Crippen LogP contribution in [-0.4, -0.2) is 14.5 Å². The molecule has 10 heteroatoms. The van der Waals surface area contributed by atoms with Crippen LogP contribution in [0.15, 0.2) is 30.3 Å². The van der Waals surface area contributed by atoms with Crippen molar-refractivity contribution in [2.45, 2.75) is 19.9 Å². The molecule has 0 aliphatic carbocycles. The highest BCUT2D eigenvalue weighted by molar-refractivity contribution is 14.1. The van der Waals surface area contributed by atoms with E-state index in [1.807, 2.05) is 0 Å². The lowest BCUT2D eigenvalue weighted by molar-refractivity contribution is 0.512. The van der Waals surface area contributed by atoms with Crippen LogP contribution in [0.3, 0.4) is 0 Å². The highest BCUT2D eigenvalue weighted by atomic mass is 127. The molecule has 136 valence electrons. The Morgan fingerprint density at radius 2 is 1.76 bits per heavy atom. The monoisotopic (exact) mass is 501 g/mol. The molecule has 0 spiro atoms. The Kier molecular flexibility index (Phi) is 6.46. The third kappa shape index (κ3) is 5.40. The summed E-state index contributed by atoms with van der Waals surface area (Å²) in [6.45, 7) is 3.27. The molecule has 3 N–H and O–H groups in total. The van der Waals surface area contributed by atoms with E-state index in [0.29, 0.717) is 5.69 Å². The van der Waals surface area contributed by atoms with E-state index in [1.54, 1.807) is 32.0 Å². The summed E-state index contributed by atoms with van der Waals surface area (Å²) in [5.74, 6) is -2.34. The number of hydrogen-bond donors (Lipinski definition) is 3. The van der Waals surface area contributed by atoms with Crippen molar-refractivity contribution in [2.75, 3.05) is 10.0 Å². The van der Waals surface area contributed by atoms with Crippen molar-refractivity contribution < 1.29 is 17.2 Å².